The number of rotatable bonds is 7. The fraction of sp³-hybridized carbons (Fsp3) is 0.433. The normalized spacial score (nSPS) is 15.7. The minimum Gasteiger partial charge on any atom is -0.480 e. The number of aromatic nitrogens is 2. The van der Waals surface area contributed by atoms with Crippen molar-refractivity contribution in [3.63, 3.8) is 0 Å². The maximum atomic E-state index is 12.8. The quantitative estimate of drug-likeness (QED) is 0.278. The second-order valence-corrected chi connectivity index (χ2v) is 17.5. The molecule has 0 spiro atoms. The highest BCUT2D eigenvalue weighted by atomic mass is 35.5. The molecule has 2 aromatic carbocycles. The van der Waals surface area contributed by atoms with Crippen LogP contribution in [-0.2, 0) is 45.6 Å². The summed E-state index contributed by atoms with van der Waals surface area (Å²) in [4.78, 5) is 23.7. The van der Waals surface area contributed by atoms with E-state index < -0.39 is 57.7 Å². The number of carbonyl (C=O) groups is 2. The first-order valence-corrected chi connectivity index (χ1v) is 17.4. The summed E-state index contributed by atoms with van der Waals surface area (Å²) in [7, 11) is -8.23. The van der Waals surface area contributed by atoms with Gasteiger partial charge in [0, 0.05) is 42.6 Å². The molecule has 17 heteroatoms. The van der Waals surface area contributed by atoms with Crippen LogP contribution in [0.3, 0.4) is 0 Å². The molecule has 1 aliphatic heterocycles. The number of H-pyrrole nitrogens is 1. The van der Waals surface area contributed by atoms with Crippen LogP contribution in [0, 0.1) is 0 Å². The number of benzene rings is 2. The number of sulfone groups is 2. The third-order valence-corrected chi connectivity index (χ3v) is 12.8. The lowest BCUT2D eigenvalue weighted by atomic mass is 9.92. The minimum atomic E-state index is -4.59. The Morgan fingerprint density at radius 3 is 1.87 bits per heavy atom. The molecule has 0 unspecified atom stereocenters. The molecule has 47 heavy (non-hydrogen) atoms. The summed E-state index contributed by atoms with van der Waals surface area (Å²) in [6, 6.07) is 10.3. The number of aromatic amines is 1. The van der Waals surface area contributed by atoms with Gasteiger partial charge in [0.25, 0.3) is 0 Å². The number of ether oxygens (including phenoxy) is 1. The molecular weight excluding hydrogens is 687 g/mol. The van der Waals surface area contributed by atoms with Crippen LogP contribution in [-0.4, -0.2) is 66.7 Å². The lowest BCUT2D eigenvalue weighted by Crippen LogP contribution is -2.50. The molecule has 0 radical (unpaired) electrons. The molecule has 1 saturated heterocycles. The largest absolute Gasteiger partial charge is 0.480 e. The first-order valence-electron chi connectivity index (χ1n) is 14.1. The number of nitrogens with one attached hydrogen (secondary N) is 2. The molecule has 2 heterocycles. The maximum absolute atomic E-state index is 12.8. The molecule has 0 atom stereocenters. The molecule has 4 rings (SSSR count). The number of hydrogen-bond acceptors (Lipinski definition) is 8. The smallest absolute Gasteiger partial charge is 0.416 e. The van der Waals surface area contributed by atoms with Gasteiger partial charge in [-0.3, -0.25) is 14.7 Å². The van der Waals surface area contributed by atoms with Crippen molar-refractivity contribution in [2.24, 2.45) is 0 Å². The molecule has 3 N–H and O–H groups in total. The van der Waals surface area contributed by atoms with E-state index in [1.165, 1.54) is 38.1 Å². The zero-order chi connectivity index (χ0) is 35.6. The fourth-order valence-corrected chi connectivity index (χ4v) is 7.80. The van der Waals surface area contributed by atoms with Crippen molar-refractivity contribution in [1.82, 2.24) is 10.2 Å². The monoisotopic (exact) mass is 721 g/mol. The van der Waals surface area contributed by atoms with Crippen molar-refractivity contribution < 1.29 is 49.4 Å². The van der Waals surface area contributed by atoms with Gasteiger partial charge in [0.1, 0.15) is 10.6 Å². The van der Waals surface area contributed by atoms with E-state index in [1.54, 1.807) is 6.07 Å². The van der Waals surface area contributed by atoms with Gasteiger partial charge in [0.15, 0.2) is 24.4 Å². The van der Waals surface area contributed by atoms with Crippen molar-refractivity contribution in [1.29, 1.82) is 0 Å². The topological polar surface area (TPSA) is 173 Å². The number of amides is 1. The summed E-state index contributed by atoms with van der Waals surface area (Å²) in [5, 5.41) is 19.2. The van der Waals surface area contributed by atoms with Gasteiger partial charge >= 0.3 is 12.1 Å². The first-order chi connectivity index (χ1) is 21.5. The van der Waals surface area contributed by atoms with Crippen molar-refractivity contribution in [2.45, 2.75) is 78.3 Å². The number of nitrogens with zero attached hydrogens (tertiary/aromatic N) is 1. The number of carboxylic acids is 1. The molecule has 258 valence electrons. The van der Waals surface area contributed by atoms with Crippen LogP contribution >= 0.6 is 11.6 Å². The van der Waals surface area contributed by atoms with Crippen molar-refractivity contribution in [3.8, 4) is 0 Å². The van der Waals surface area contributed by atoms with E-state index in [0.29, 0.717) is 23.0 Å². The van der Waals surface area contributed by atoms with E-state index >= 15 is 0 Å². The van der Waals surface area contributed by atoms with Gasteiger partial charge in [0.2, 0.25) is 5.91 Å². The number of aliphatic carboxylic acids is 1. The average molecular weight is 722 g/mol. The molecule has 1 aromatic heterocycles. The Kier molecular flexibility index (Phi) is 11.0. The molecule has 11 nitrogen and oxygen atoms in total. The van der Waals surface area contributed by atoms with E-state index in [4.69, 9.17) is 16.3 Å². The number of halogens is 4. The average Bonchev–Trinajstić information content (AvgIpc) is 3.47. The molecular formula is C30H35ClF3N3O8S2. The third-order valence-electron chi connectivity index (χ3n) is 7.63. The second kappa shape index (κ2) is 13.6. The van der Waals surface area contributed by atoms with Crippen molar-refractivity contribution in [3.05, 3.63) is 70.9 Å². The van der Waals surface area contributed by atoms with Crippen LogP contribution in [0.4, 0.5) is 19.0 Å². The summed E-state index contributed by atoms with van der Waals surface area (Å²) < 4.78 is 89.6. The van der Waals surface area contributed by atoms with Crippen LogP contribution < -0.4 is 5.32 Å². The maximum Gasteiger partial charge on any atom is 0.416 e. The van der Waals surface area contributed by atoms with E-state index in [9.17, 15) is 44.7 Å². The third kappa shape index (κ3) is 7.99. The molecule has 1 amide bonds. The summed E-state index contributed by atoms with van der Waals surface area (Å²) >= 11 is 5.80. The van der Waals surface area contributed by atoms with Gasteiger partial charge in [0.05, 0.1) is 21.0 Å². The summed E-state index contributed by atoms with van der Waals surface area (Å²) in [6.45, 7) is 8.63. The van der Waals surface area contributed by atoms with Gasteiger partial charge in [-0.2, -0.15) is 18.3 Å². The van der Waals surface area contributed by atoms with Crippen LogP contribution in [0.5, 0.6) is 0 Å². The highest BCUT2D eigenvalue weighted by Gasteiger charge is 2.52. The van der Waals surface area contributed by atoms with Gasteiger partial charge in [-0.25, -0.2) is 16.8 Å². The Morgan fingerprint density at radius 2 is 1.43 bits per heavy atom. The van der Waals surface area contributed by atoms with Gasteiger partial charge in [-0.15, -0.1) is 0 Å². The van der Waals surface area contributed by atoms with Crippen LogP contribution in [0.2, 0.25) is 5.02 Å². The fourth-order valence-electron chi connectivity index (χ4n) is 4.42. The SMILES string of the molecule is CC(C)(C)c1cc(NC(=O)C(C)(C)S(=O)(=O)c2ccc(Cl)cc2)[nH]n1.O=C(O)C1(S(=O)(=O)c2ccc(C(F)(F)F)cc2)CCOCC1. The Balaban J connectivity index is 0.000000257. The van der Waals surface area contributed by atoms with Gasteiger partial charge < -0.3 is 15.2 Å². The summed E-state index contributed by atoms with van der Waals surface area (Å²) in [6.07, 6.45) is -5.08. The number of anilines is 1. The lowest BCUT2D eigenvalue weighted by molar-refractivity contribution is -0.143. The van der Waals surface area contributed by atoms with Crippen LogP contribution in [0.25, 0.3) is 0 Å². The van der Waals surface area contributed by atoms with Gasteiger partial charge in [-0.05, 0) is 62.4 Å². The number of hydrogen-bond donors (Lipinski definition) is 3. The minimum absolute atomic E-state index is 0.0356. The Morgan fingerprint density at radius 1 is 0.915 bits per heavy atom. The Hall–Kier alpha value is -3.47. The standard InChI is InChI=1S/C17H22ClN3O3S.C13H13F3O5S/c1-16(2,3)13-10-14(21-20-13)19-15(22)17(4,5)25(23,24)12-8-6-11(18)7-9-12;14-13(15,16)9-1-3-10(4-2-9)22(19,20)12(11(17)18)5-7-21-8-6-12/h6-10H,1-5H3,(H2,19,20,21,22);1-4H,5-8H2,(H,17,18). The van der Waals surface area contributed by atoms with E-state index in [2.05, 4.69) is 15.5 Å². The van der Waals surface area contributed by atoms with E-state index in [0.717, 1.165) is 17.8 Å². The van der Waals surface area contributed by atoms with Crippen molar-refractivity contribution >= 4 is 49.0 Å². The van der Waals surface area contributed by atoms with Gasteiger partial charge in [-0.1, -0.05) is 32.4 Å². The predicted molar refractivity (Wildman–Crippen MR) is 168 cm³/mol. The van der Waals surface area contributed by atoms with Crippen molar-refractivity contribution in [2.75, 3.05) is 18.5 Å². The first kappa shape index (κ1) is 38.0. The molecule has 3 aromatic rings. The van der Waals surface area contributed by atoms with Crippen LogP contribution in [0.1, 0.15) is 58.7 Å². The Bertz CT molecular complexity index is 1810. The van der Waals surface area contributed by atoms with E-state index in [-0.39, 0.29) is 36.4 Å². The molecule has 1 aliphatic rings. The summed E-state index contributed by atoms with van der Waals surface area (Å²) in [5.41, 5.74) is -0.423. The van der Waals surface area contributed by atoms with E-state index in [1.807, 2.05) is 20.8 Å². The molecule has 0 bridgehead atoms. The molecule has 0 saturated carbocycles. The lowest BCUT2D eigenvalue weighted by Gasteiger charge is -2.32. The highest BCUT2D eigenvalue weighted by Crippen LogP contribution is 2.37. The number of carbonyl (C=O) groups excluding carboxylic acids is 1. The Labute approximate surface area is 275 Å². The molecule has 0 aliphatic carbocycles. The molecule has 1 fully saturated rings. The number of carboxylic acid groups (broad SMARTS) is 1. The zero-order valence-corrected chi connectivity index (χ0v) is 28.5. The van der Waals surface area contributed by atoms with Crippen LogP contribution in [0.15, 0.2) is 64.4 Å². The predicted octanol–water partition coefficient (Wildman–Crippen LogP) is 5.66. The summed E-state index contributed by atoms with van der Waals surface area (Å²) in [5.74, 6) is -1.81. The second-order valence-electron chi connectivity index (χ2n) is 12.3. The highest BCUT2D eigenvalue weighted by molar-refractivity contribution is 7.94. The number of alkyl halides is 3. The zero-order valence-electron chi connectivity index (χ0n) is 26.1.